The Kier molecular flexibility index (Phi) is 6.14. The number of carbonyl (C=O) groups excluding carboxylic acids is 1. The summed E-state index contributed by atoms with van der Waals surface area (Å²) in [6.07, 6.45) is 1.14. The largest absolute Gasteiger partial charge is 0.383 e. The summed E-state index contributed by atoms with van der Waals surface area (Å²) in [5.41, 5.74) is 0. The van der Waals surface area contributed by atoms with Crippen molar-refractivity contribution >= 4 is 38.9 Å². The summed E-state index contributed by atoms with van der Waals surface area (Å²) in [6.45, 7) is 2.12. The van der Waals surface area contributed by atoms with Crippen LogP contribution >= 0.6 is 22.9 Å². The van der Waals surface area contributed by atoms with E-state index in [2.05, 4.69) is 15.0 Å². The van der Waals surface area contributed by atoms with Gasteiger partial charge < -0.3 is 10.1 Å². The van der Waals surface area contributed by atoms with E-state index in [4.69, 9.17) is 16.3 Å². The molecule has 0 spiro atoms. The van der Waals surface area contributed by atoms with Crippen molar-refractivity contribution in [3.05, 3.63) is 10.7 Å². The van der Waals surface area contributed by atoms with Gasteiger partial charge >= 0.3 is 0 Å². The van der Waals surface area contributed by atoms with Gasteiger partial charge in [-0.25, -0.2) is 13.4 Å². The molecule has 0 aromatic carbocycles. The van der Waals surface area contributed by atoms with Gasteiger partial charge in [0.1, 0.15) is 0 Å². The van der Waals surface area contributed by atoms with E-state index in [1.54, 1.807) is 0 Å². The third-order valence-electron chi connectivity index (χ3n) is 2.05. The molecule has 0 bridgehead atoms. The maximum atomic E-state index is 11.9. The molecule has 7 nitrogen and oxygen atoms in total. The van der Waals surface area contributed by atoms with Crippen LogP contribution in [-0.2, 0) is 19.6 Å². The number of hydrogen-bond donors (Lipinski definition) is 2. The predicted molar refractivity (Wildman–Crippen MR) is 71.8 cm³/mol. The highest BCUT2D eigenvalue weighted by Gasteiger charge is 2.23. The van der Waals surface area contributed by atoms with E-state index in [9.17, 15) is 13.2 Å². The van der Waals surface area contributed by atoms with Gasteiger partial charge in [-0.2, -0.15) is 4.72 Å². The molecule has 1 rings (SSSR count). The minimum Gasteiger partial charge on any atom is -0.383 e. The average molecular weight is 328 g/mol. The van der Waals surface area contributed by atoms with Gasteiger partial charge in [0.05, 0.1) is 18.8 Å². The SMILES string of the molecule is COCCNC(=O)C(C)NS(=O)(=O)c1cnc(Cl)s1. The second-order valence-corrected chi connectivity index (χ2v) is 7.11. The van der Waals surface area contributed by atoms with Crippen LogP contribution in [0, 0.1) is 0 Å². The molecule has 0 saturated carbocycles. The minimum absolute atomic E-state index is 0.0333. The van der Waals surface area contributed by atoms with Gasteiger partial charge in [-0.3, -0.25) is 4.79 Å². The van der Waals surface area contributed by atoms with Gasteiger partial charge in [-0.15, -0.1) is 0 Å². The number of ether oxygens (including phenoxy) is 1. The number of rotatable bonds is 7. The lowest BCUT2D eigenvalue weighted by molar-refractivity contribution is -0.122. The van der Waals surface area contributed by atoms with E-state index >= 15 is 0 Å². The molecule has 1 amide bonds. The number of halogens is 1. The van der Waals surface area contributed by atoms with Crippen LogP contribution in [0.1, 0.15) is 6.92 Å². The monoisotopic (exact) mass is 327 g/mol. The molecule has 2 N–H and O–H groups in total. The average Bonchev–Trinajstić information content (AvgIpc) is 2.76. The van der Waals surface area contributed by atoms with Crippen molar-refractivity contribution < 1.29 is 17.9 Å². The predicted octanol–water partition coefficient (Wildman–Crippen LogP) is 0.226. The summed E-state index contributed by atoms with van der Waals surface area (Å²) >= 11 is 6.39. The fourth-order valence-corrected chi connectivity index (χ4v) is 3.65. The number of nitrogens with zero attached hydrogens (tertiary/aromatic N) is 1. The standard InChI is InChI=1S/C9H14ClN3O4S2/c1-6(8(14)11-3-4-17-2)13-19(15,16)7-5-12-9(10)18-7/h5-6,13H,3-4H2,1-2H3,(H,11,14). The molecule has 19 heavy (non-hydrogen) atoms. The smallest absolute Gasteiger partial charge is 0.252 e. The molecular weight excluding hydrogens is 314 g/mol. The van der Waals surface area contributed by atoms with Crippen LogP contribution in [0.5, 0.6) is 0 Å². The first-order valence-corrected chi connectivity index (χ1v) is 7.95. The third kappa shape index (κ3) is 5.03. The maximum Gasteiger partial charge on any atom is 0.252 e. The number of nitrogens with one attached hydrogen (secondary N) is 2. The van der Waals surface area contributed by atoms with Gasteiger partial charge in [0.25, 0.3) is 10.0 Å². The molecule has 0 saturated heterocycles. The number of sulfonamides is 1. The summed E-state index contributed by atoms with van der Waals surface area (Å²) in [7, 11) is -2.28. The summed E-state index contributed by atoms with van der Waals surface area (Å²) in [6, 6.07) is -0.900. The lowest BCUT2D eigenvalue weighted by atomic mass is 10.3. The molecule has 0 aliphatic heterocycles. The zero-order valence-electron chi connectivity index (χ0n) is 10.3. The van der Waals surface area contributed by atoms with Crippen molar-refractivity contribution in [2.45, 2.75) is 17.2 Å². The van der Waals surface area contributed by atoms with Crippen LogP contribution in [-0.4, -0.2) is 45.6 Å². The number of methoxy groups -OCH3 is 1. The first kappa shape index (κ1) is 16.3. The van der Waals surface area contributed by atoms with Crippen molar-refractivity contribution in [2.24, 2.45) is 0 Å². The summed E-state index contributed by atoms with van der Waals surface area (Å²) < 4.78 is 30.9. The Balaban J connectivity index is 2.60. The molecule has 0 radical (unpaired) electrons. The highest BCUT2D eigenvalue weighted by molar-refractivity contribution is 7.91. The molecule has 0 fully saturated rings. The number of amides is 1. The summed E-state index contributed by atoms with van der Waals surface area (Å²) in [4.78, 5) is 15.2. The lowest BCUT2D eigenvalue weighted by Gasteiger charge is -2.13. The summed E-state index contributed by atoms with van der Waals surface area (Å²) in [5.74, 6) is -0.434. The zero-order chi connectivity index (χ0) is 14.5. The summed E-state index contributed by atoms with van der Waals surface area (Å²) in [5, 5.41) is 2.53. The van der Waals surface area contributed by atoms with Gasteiger partial charge in [0.15, 0.2) is 8.68 Å². The number of hydrogen-bond acceptors (Lipinski definition) is 6. The zero-order valence-corrected chi connectivity index (χ0v) is 12.7. The van der Waals surface area contributed by atoms with Gasteiger partial charge in [-0.05, 0) is 6.92 Å². The van der Waals surface area contributed by atoms with E-state index in [0.29, 0.717) is 13.2 Å². The van der Waals surface area contributed by atoms with Crippen molar-refractivity contribution in [2.75, 3.05) is 20.3 Å². The van der Waals surface area contributed by atoms with E-state index in [0.717, 1.165) is 17.5 Å². The fourth-order valence-electron chi connectivity index (χ4n) is 1.14. The fraction of sp³-hybridized carbons (Fsp3) is 0.556. The van der Waals surface area contributed by atoms with Crippen molar-refractivity contribution in [3.63, 3.8) is 0 Å². The molecule has 1 unspecified atom stereocenters. The lowest BCUT2D eigenvalue weighted by Crippen LogP contribution is -2.45. The second-order valence-electron chi connectivity index (χ2n) is 3.56. The van der Waals surface area contributed by atoms with E-state index in [1.165, 1.54) is 14.0 Å². The molecule has 1 heterocycles. The Morgan fingerprint density at radius 2 is 2.32 bits per heavy atom. The Morgan fingerprint density at radius 1 is 1.63 bits per heavy atom. The Morgan fingerprint density at radius 3 is 2.84 bits per heavy atom. The molecular formula is C9H14ClN3O4S2. The van der Waals surface area contributed by atoms with E-state index < -0.39 is 22.0 Å². The van der Waals surface area contributed by atoms with Crippen molar-refractivity contribution in [1.82, 2.24) is 15.0 Å². The maximum absolute atomic E-state index is 11.9. The Labute approximate surface area is 120 Å². The molecule has 108 valence electrons. The highest BCUT2D eigenvalue weighted by Crippen LogP contribution is 2.22. The molecule has 1 atom stereocenters. The third-order valence-corrected chi connectivity index (χ3v) is 5.17. The molecule has 10 heteroatoms. The van der Waals surface area contributed by atoms with Crippen LogP contribution in [0.3, 0.4) is 0 Å². The van der Waals surface area contributed by atoms with Crippen LogP contribution in [0.4, 0.5) is 0 Å². The van der Waals surface area contributed by atoms with Crippen LogP contribution < -0.4 is 10.0 Å². The highest BCUT2D eigenvalue weighted by atomic mass is 35.5. The Hall–Kier alpha value is -0.740. The molecule has 0 aliphatic carbocycles. The number of aromatic nitrogens is 1. The quantitative estimate of drug-likeness (QED) is 0.698. The Bertz CT molecular complexity index is 531. The van der Waals surface area contributed by atoms with Gasteiger partial charge in [-0.1, -0.05) is 22.9 Å². The van der Waals surface area contributed by atoms with Gasteiger partial charge in [0, 0.05) is 13.7 Å². The van der Waals surface area contributed by atoms with Gasteiger partial charge in [0.2, 0.25) is 5.91 Å². The number of carbonyl (C=O) groups is 1. The van der Waals surface area contributed by atoms with E-state index in [1.807, 2.05) is 0 Å². The second kappa shape index (κ2) is 7.15. The first-order valence-electron chi connectivity index (χ1n) is 5.27. The number of thiazole rings is 1. The molecule has 1 aromatic rings. The first-order chi connectivity index (χ1) is 8.86. The van der Waals surface area contributed by atoms with Crippen molar-refractivity contribution in [3.8, 4) is 0 Å². The van der Waals surface area contributed by atoms with Crippen LogP contribution in [0.25, 0.3) is 0 Å². The normalized spacial score (nSPS) is 13.2. The molecule has 1 aromatic heterocycles. The topological polar surface area (TPSA) is 97.4 Å². The van der Waals surface area contributed by atoms with Crippen molar-refractivity contribution in [1.29, 1.82) is 0 Å². The van der Waals surface area contributed by atoms with Crippen LogP contribution in [0.15, 0.2) is 10.4 Å². The molecule has 0 aliphatic rings. The van der Waals surface area contributed by atoms with E-state index in [-0.39, 0.29) is 8.68 Å². The van der Waals surface area contributed by atoms with Crippen LogP contribution in [0.2, 0.25) is 4.47 Å². The minimum atomic E-state index is -3.78.